The lowest BCUT2D eigenvalue weighted by molar-refractivity contribution is -0.149. The Hall–Kier alpha value is -1.49. The number of rotatable bonds is 20. The van der Waals surface area contributed by atoms with Gasteiger partial charge in [0, 0.05) is 23.8 Å². The summed E-state index contributed by atoms with van der Waals surface area (Å²) >= 11 is 2.15. The molecule has 0 spiro atoms. The van der Waals surface area contributed by atoms with E-state index < -0.39 is 12.0 Å². The summed E-state index contributed by atoms with van der Waals surface area (Å²) in [5.74, 6) is 0.0192. The molecule has 0 radical (unpaired) electrons. The van der Waals surface area contributed by atoms with Crippen molar-refractivity contribution in [1.82, 2.24) is 10.6 Å². The smallest absolute Gasteiger partial charge is 0.328 e. The molecular formula is C37H73IN2O6. The van der Waals surface area contributed by atoms with E-state index in [2.05, 4.69) is 60.2 Å². The molecule has 9 heteroatoms. The fourth-order valence-corrected chi connectivity index (χ4v) is 4.21. The van der Waals surface area contributed by atoms with E-state index in [0.29, 0.717) is 51.2 Å². The number of carbonyl (C=O) groups excluding carboxylic acids is 4. The van der Waals surface area contributed by atoms with Crippen LogP contribution in [-0.2, 0) is 28.7 Å². The van der Waals surface area contributed by atoms with Crippen LogP contribution in [0, 0.1) is 17.3 Å². The molecule has 0 aliphatic rings. The number of ether oxygens (including phenoxy) is 2. The topological polar surface area (TPSA) is 111 Å². The second-order valence-electron chi connectivity index (χ2n) is 14.0. The fraction of sp³-hybridized carbons (Fsp3) is 0.838. The highest BCUT2D eigenvalue weighted by atomic mass is 127. The van der Waals surface area contributed by atoms with E-state index in [1.807, 2.05) is 74.2 Å². The van der Waals surface area contributed by atoms with Gasteiger partial charge in [0.05, 0.1) is 13.2 Å². The summed E-state index contributed by atoms with van der Waals surface area (Å²) in [6.07, 6.45) is 6.47. The van der Waals surface area contributed by atoms with Crippen molar-refractivity contribution in [2.45, 2.75) is 165 Å². The van der Waals surface area contributed by atoms with Crippen molar-refractivity contribution in [3.05, 3.63) is 13.2 Å². The summed E-state index contributed by atoms with van der Waals surface area (Å²) in [5, 5.41) is 6.19. The van der Waals surface area contributed by atoms with Crippen molar-refractivity contribution in [3.63, 3.8) is 0 Å². The largest absolute Gasteiger partial charge is 0.465 e. The van der Waals surface area contributed by atoms with E-state index in [4.69, 9.17) is 9.47 Å². The van der Waals surface area contributed by atoms with Crippen LogP contribution in [0.15, 0.2) is 13.2 Å². The van der Waals surface area contributed by atoms with Crippen molar-refractivity contribution in [3.8, 4) is 0 Å². The van der Waals surface area contributed by atoms with Crippen molar-refractivity contribution >= 4 is 46.2 Å². The maximum atomic E-state index is 12.6. The minimum Gasteiger partial charge on any atom is -0.465 e. The van der Waals surface area contributed by atoms with E-state index in [0.717, 1.165) is 25.7 Å². The molecule has 46 heavy (non-hydrogen) atoms. The molecule has 2 atom stereocenters. The van der Waals surface area contributed by atoms with Gasteiger partial charge in [0.15, 0.2) is 0 Å². The molecule has 8 nitrogen and oxygen atoms in total. The normalized spacial score (nSPS) is 12.3. The van der Waals surface area contributed by atoms with Gasteiger partial charge in [-0.15, -0.1) is 13.2 Å². The summed E-state index contributed by atoms with van der Waals surface area (Å²) in [6, 6.07) is -0.972. The van der Waals surface area contributed by atoms with Gasteiger partial charge >= 0.3 is 11.9 Å². The zero-order valence-electron chi connectivity index (χ0n) is 32.0. The summed E-state index contributed by atoms with van der Waals surface area (Å²) in [6.45, 7) is 30.7. The minimum absolute atomic E-state index is 0.166. The SMILES string of the molecule is C=C.CC.CC(C)CC(NC(=O)CCCCC(=O)C(C)(C)C)C(=O)OCCCCCCOC(=O)C(CC(C)C)NC(C)(C)C.CI. The Labute approximate surface area is 297 Å². The third kappa shape index (κ3) is 32.5. The molecule has 2 unspecified atom stereocenters. The Morgan fingerprint density at radius 3 is 1.43 bits per heavy atom. The fourth-order valence-electron chi connectivity index (χ4n) is 4.21. The predicted molar refractivity (Wildman–Crippen MR) is 203 cm³/mol. The summed E-state index contributed by atoms with van der Waals surface area (Å²) in [7, 11) is 0. The van der Waals surface area contributed by atoms with Crippen LogP contribution >= 0.6 is 22.6 Å². The molecule has 0 aromatic carbocycles. The van der Waals surface area contributed by atoms with Crippen LogP contribution in [0.5, 0.6) is 0 Å². The lowest BCUT2D eigenvalue weighted by atomic mass is 9.88. The van der Waals surface area contributed by atoms with Crippen LogP contribution in [-0.4, -0.2) is 59.4 Å². The molecule has 274 valence electrons. The molecular weight excluding hydrogens is 695 g/mol. The molecule has 0 aromatic heterocycles. The lowest BCUT2D eigenvalue weighted by Crippen LogP contribution is -2.49. The van der Waals surface area contributed by atoms with Crippen LogP contribution in [0.2, 0.25) is 0 Å². The van der Waals surface area contributed by atoms with Crippen molar-refractivity contribution in [1.29, 1.82) is 0 Å². The number of halogens is 1. The average molecular weight is 769 g/mol. The number of carbonyl (C=O) groups is 4. The first-order valence-corrected chi connectivity index (χ1v) is 19.4. The van der Waals surface area contributed by atoms with Gasteiger partial charge in [-0.05, 0) is 88.9 Å². The van der Waals surface area contributed by atoms with E-state index in [1.165, 1.54) is 0 Å². The standard InChI is InChI=1S/C32H60N2O6.C2H6.C2H4.CH3I/c1-23(2)21-25(33-28(36)18-14-13-17-27(35)31(5,6)7)29(37)39-19-15-11-12-16-20-40-30(38)26(22-24(3)4)34-32(8,9)10;3*1-2/h23-26,34H,11-22H2,1-10H3,(H,33,36);1-2H3;1-2H2;1H3. The summed E-state index contributed by atoms with van der Waals surface area (Å²) < 4.78 is 11.0. The molecule has 1 amide bonds. The van der Waals surface area contributed by atoms with Crippen molar-refractivity contribution in [2.24, 2.45) is 17.3 Å². The number of amides is 1. The van der Waals surface area contributed by atoms with Crippen molar-refractivity contribution in [2.75, 3.05) is 18.1 Å². The molecule has 0 aliphatic carbocycles. The van der Waals surface area contributed by atoms with E-state index in [9.17, 15) is 19.2 Å². The highest BCUT2D eigenvalue weighted by Gasteiger charge is 2.26. The maximum Gasteiger partial charge on any atom is 0.328 e. The Kier molecular flexibility index (Phi) is 34.4. The number of hydrogen-bond acceptors (Lipinski definition) is 7. The van der Waals surface area contributed by atoms with Gasteiger partial charge in [-0.25, -0.2) is 4.79 Å². The number of Topliss-reactive ketones (excluding diaryl/α,β-unsaturated/α-hetero) is 1. The molecule has 0 fully saturated rings. The molecule has 0 rings (SSSR count). The molecule has 0 heterocycles. The highest BCUT2D eigenvalue weighted by Crippen LogP contribution is 2.19. The van der Waals surface area contributed by atoms with E-state index in [1.54, 1.807) is 0 Å². The van der Waals surface area contributed by atoms with Crippen LogP contribution < -0.4 is 10.6 Å². The monoisotopic (exact) mass is 768 g/mol. The Morgan fingerprint density at radius 2 is 1.04 bits per heavy atom. The molecule has 0 saturated carbocycles. The summed E-state index contributed by atoms with van der Waals surface area (Å²) in [5.41, 5.74) is -0.526. The third-order valence-electron chi connectivity index (χ3n) is 6.35. The van der Waals surface area contributed by atoms with Gasteiger partial charge in [-0.2, -0.15) is 0 Å². The zero-order chi connectivity index (χ0) is 36.9. The van der Waals surface area contributed by atoms with Crippen LogP contribution in [0.25, 0.3) is 0 Å². The molecule has 0 aliphatic heterocycles. The first-order valence-electron chi connectivity index (χ1n) is 17.2. The number of hydrogen-bond donors (Lipinski definition) is 2. The number of ketones is 1. The highest BCUT2D eigenvalue weighted by molar-refractivity contribution is 14.1. The maximum absolute atomic E-state index is 12.6. The Balaban J connectivity index is -0.00000138. The molecule has 0 saturated heterocycles. The van der Waals surface area contributed by atoms with Crippen LogP contribution in [0.3, 0.4) is 0 Å². The minimum atomic E-state index is -0.663. The van der Waals surface area contributed by atoms with E-state index >= 15 is 0 Å². The van der Waals surface area contributed by atoms with Gasteiger partial charge in [-0.3, -0.25) is 19.7 Å². The second-order valence-corrected chi connectivity index (χ2v) is 14.0. The molecule has 2 N–H and O–H groups in total. The predicted octanol–water partition coefficient (Wildman–Crippen LogP) is 9.02. The van der Waals surface area contributed by atoms with Gasteiger partial charge in [0.25, 0.3) is 0 Å². The van der Waals surface area contributed by atoms with Crippen LogP contribution in [0.4, 0.5) is 0 Å². The first kappa shape index (κ1) is 51.3. The molecule has 0 bridgehead atoms. The number of nitrogens with one attached hydrogen (secondary N) is 2. The number of esters is 2. The third-order valence-corrected chi connectivity index (χ3v) is 6.35. The van der Waals surface area contributed by atoms with Crippen LogP contribution in [0.1, 0.15) is 147 Å². The van der Waals surface area contributed by atoms with Crippen molar-refractivity contribution < 1.29 is 28.7 Å². The van der Waals surface area contributed by atoms with Gasteiger partial charge in [0.1, 0.15) is 17.9 Å². The zero-order valence-corrected chi connectivity index (χ0v) is 34.2. The van der Waals surface area contributed by atoms with Gasteiger partial charge in [-0.1, -0.05) is 84.9 Å². The quantitative estimate of drug-likeness (QED) is 0.0418. The molecule has 0 aromatic rings. The Morgan fingerprint density at radius 1 is 0.652 bits per heavy atom. The summed E-state index contributed by atoms with van der Waals surface area (Å²) in [4.78, 5) is 51.6. The number of unbranched alkanes of at least 4 members (excludes halogenated alkanes) is 4. The number of alkyl halides is 1. The van der Waals surface area contributed by atoms with Gasteiger partial charge < -0.3 is 14.8 Å². The lowest BCUT2D eigenvalue weighted by Gasteiger charge is -2.28. The second kappa shape index (κ2) is 30.8. The first-order chi connectivity index (χ1) is 21.4. The van der Waals surface area contributed by atoms with E-state index in [-0.39, 0.29) is 47.0 Å². The average Bonchev–Trinajstić information content (AvgIpc) is 2.97. The Bertz CT molecular complexity index is 788. The van der Waals surface area contributed by atoms with Gasteiger partial charge in [0.2, 0.25) is 5.91 Å².